The first-order valence-corrected chi connectivity index (χ1v) is 12.4. The number of amides is 2. The molecule has 4 rings (SSSR count). The highest BCUT2D eigenvalue weighted by Crippen LogP contribution is 2.34. The molecule has 2 aromatic heterocycles. The first-order chi connectivity index (χ1) is 16.0. The highest BCUT2D eigenvalue weighted by atomic mass is 32.1. The Morgan fingerprint density at radius 1 is 1.12 bits per heavy atom. The monoisotopic (exact) mass is 483 g/mol. The van der Waals surface area contributed by atoms with E-state index in [0.29, 0.717) is 21.1 Å². The van der Waals surface area contributed by atoms with E-state index in [1.54, 1.807) is 37.3 Å². The number of benzene rings is 1. The van der Waals surface area contributed by atoms with Crippen LogP contribution in [0.3, 0.4) is 0 Å². The minimum atomic E-state index is -0.554. The lowest BCUT2D eigenvalue weighted by Crippen LogP contribution is -2.36. The Kier molecular flexibility index (Phi) is 7.22. The number of fused-ring (bicyclic) bond motifs is 1. The largest absolute Gasteiger partial charge is 0.462 e. The topological polar surface area (TPSA) is 87.7 Å². The Hall–Kier alpha value is -3.01. The summed E-state index contributed by atoms with van der Waals surface area (Å²) in [5.41, 5.74) is 2.63. The summed E-state index contributed by atoms with van der Waals surface area (Å²) in [7, 11) is 0. The summed E-state index contributed by atoms with van der Waals surface area (Å²) in [5, 5.41) is 8.11. The van der Waals surface area contributed by atoms with Crippen molar-refractivity contribution in [1.29, 1.82) is 0 Å². The average molecular weight is 484 g/mol. The fourth-order valence-corrected chi connectivity index (χ4v) is 5.78. The lowest BCUT2D eigenvalue weighted by molar-refractivity contribution is -0.117. The summed E-state index contributed by atoms with van der Waals surface area (Å²) in [4.78, 5) is 42.2. The van der Waals surface area contributed by atoms with E-state index in [4.69, 9.17) is 4.74 Å². The third-order valence-electron chi connectivity index (χ3n) is 5.37. The molecule has 2 N–H and O–H groups in total. The number of nitrogens with one attached hydrogen (secondary N) is 2. The van der Waals surface area contributed by atoms with Crippen LogP contribution in [0.25, 0.3) is 0 Å². The maximum atomic E-state index is 12.9. The molecule has 1 aromatic carbocycles. The normalized spacial score (nSPS) is 13.3. The molecule has 3 aromatic rings. The molecule has 2 amide bonds. The van der Waals surface area contributed by atoms with Crippen molar-refractivity contribution in [2.75, 3.05) is 30.3 Å². The van der Waals surface area contributed by atoms with Crippen molar-refractivity contribution in [3.8, 4) is 0 Å². The van der Waals surface area contributed by atoms with E-state index < -0.39 is 5.97 Å². The van der Waals surface area contributed by atoms with Crippen LogP contribution >= 0.6 is 22.7 Å². The predicted molar refractivity (Wildman–Crippen MR) is 131 cm³/mol. The second-order valence-corrected chi connectivity index (χ2v) is 9.70. The SMILES string of the molecule is CCOC(=O)c1c(NC(=O)CN2CCc3sccc3C2)sc(C(=O)Nc2ccccc2)c1C. The number of nitrogens with zero attached hydrogens (tertiary/aromatic N) is 1. The fourth-order valence-electron chi connectivity index (χ4n) is 3.79. The number of ether oxygens (including phenoxy) is 1. The summed E-state index contributed by atoms with van der Waals surface area (Å²) in [6.45, 7) is 5.35. The van der Waals surface area contributed by atoms with Gasteiger partial charge < -0.3 is 15.4 Å². The van der Waals surface area contributed by atoms with Gasteiger partial charge in [-0.15, -0.1) is 22.7 Å². The van der Waals surface area contributed by atoms with Gasteiger partial charge in [0.05, 0.1) is 23.6 Å². The van der Waals surface area contributed by atoms with Crippen molar-refractivity contribution in [1.82, 2.24) is 4.90 Å². The van der Waals surface area contributed by atoms with Gasteiger partial charge in [-0.2, -0.15) is 0 Å². The zero-order chi connectivity index (χ0) is 23.4. The second kappa shape index (κ2) is 10.3. The van der Waals surface area contributed by atoms with Gasteiger partial charge >= 0.3 is 5.97 Å². The number of anilines is 2. The number of carbonyl (C=O) groups is 3. The quantitative estimate of drug-likeness (QED) is 0.482. The molecule has 33 heavy (non-hydrogen) atoms. The van der Waals surface area contributed by atoms with Crippen molar-refractivity contribution in [2.24, 2.45) is 0 Å². The molecule has 7 nitrogen and oxygen atoms in total. The predicted octanol–water partition coefficient (Wildman–Crippen LogP) is 4.54. The molecule has 172 valence electrons. The van der Waals surface area contributed by atoms with Crippen LogP contribution in [0, 0.1) is 6.92 Å². The molecule has 1 aliphatic rings. The molecule has 0 atom stereocenters. The molecule has 3 heterocycles. The van der Waals surface area contributed by atoms with Crippen molar-refractivity contribution in [3.05, 3.63) is 68.2 Å². The third-order valence-corrected chi connectivity index (χ3v) is 7.60. The summed E-state index contributed by atoms with van der Waals surface area (Å²) in [6.07, 6.45) is 0.927. The Bertz CT molecular complexity index is 1170. The number of hydrogen-bond donors (Lipinski definition) is 2. The summed E-state index contributed by atoms with van der Waals surface area (Å²) in [5.74, 6) is -1.12. The van der Waals surface area contributed by atoms with Crippen LogP contribution < -0.4 is 10.6 Å². The molecular weight excluding hydrogens is 458 g/mol. The zero-order valence-corrected chi connectivity index (χ0v) is 20.1. The van der Waals surface area contributed by atoms with E-state index in [1.807, 2.05) is 18.2 Å². The lowest BCUT2D eigenvalue weighted by atomic mass is 10.1. The average Bonchev–Trinajstić information content (AvgIpc) is 3.38. The Labute approximate surface area is 200 Å². The van der Waals surface area contributed by atoms with E-state index in [1.165, 1.54) is 10.4 Å². The van der Waals surface area contributed by atoms with Crippen molar-refractivity contribution in [2.45, 2.75) is 26.8 Å². The van der Waals surface area contributed by atoms with Crippen LogP contribution in [0.1, 0.15) is 43.0 Å². The van der Waals surface area contributed by atoms with Crippen LogP contribution in [0.2, 0.25) is 0 Å². The van der Waals surface area contributed by atoms with E-state index >= 15 is 0 Å². The molecular formula is C24H25N3O4S2. The van der Waals surface area contributed by atoms with Gasteiger partial charge in [-0.05, 0) is 55.0 Å². The minimum Gasteiger partial charge on any atom is -0.462 e. The van der Waals surface area contributed by atoms with Gasteiger partial charge in [0.1, 0.15) is 5.00 Å². The number of esters is 1. The molecule has 0 bridgehead atoms. The van der Waals surface area contributed by atoms with Crippen LogP contribution in [0.4, 0.5) is 10.7 Å². The van der Waals surface area contributed by atoms with E-state index in [0.717, 1.165) is 30.8 Å². The maximum absolute atomic E-state index is 12.9. The first-order valence-electron chi connectivity index (χ1n) is 10.7. The maximum Gasteiger partial charge on any atom is 0.341 e. The van der Waals surface area contributed by atoms with Crippen LogP contribution in [-0.4, -0.2) is 42.4 Å². The van der Waals surface area contributed by atoms with Crippen molar-refractivity contribution < 1.29 is 19.1 Å². The van der Waals surface area contributed by atoms with E-state index in [2.05, 4.69) is 27.0 Å². The molecule has 1 aliphatic heterocycles. The highest BCUT2D eigenvalue weighted by molar-refractivity contribution is 7.19. The van der Waals surface area contributed by atoms with Gasteiger partial charge in [-0.1, -0.05) is 18.2 Å². The van der Waals surface area contributed by atoms with Crippen LogP contribution in [-0.2, 0) is 22.5 Å². The summed E-state index contributed by atoms with van der Waals surface area (Å²) < 4.78 is 5.20. The lowest BCUT2D eigenvalue weighted by Gasteiger charge is -2.26. The molecule has 0 fully saturated rings. The van der Waals surface area contributed by atoms with Gasteiger partial charge in [0.2, 0.25) is 5.91 Å². The molecule has 0 unspecified atom stereocenters. The van der Waals surface area contributed by atoms with Crippen molar-refractivity contribution >= 4 is 51.1 Å². The van der Waals surface area contributed by atoms with Gasteiger partial charge in [0.25, 0.3) is 5.91 Å². The van der Waals surface area contributed by atoms with Gasteiger partial charge in [-0.25, -0.2) is 4.79 Å². The standard InChI is InChI=1S/C24H25N3O4S2/c1-3-31-24(30)20-15(2)21(22(29)25-17-7-5-4-6-8-17)33-23(20)26-19(28)14-27-11-9-18-16(13-27)10-12-32-18/h4-8,10,12H,3,9,11,13-14H2,1-2H3,(H,25,29)(H,26,28). The second-order valence-electron chi connectivity index (χ2n) is 7.68. The Morgan fingerprint density at radius 3 is 2.67 bits per heavy atom. The van der Waals surface area contributed by atoms with Gasteiger partial charge in [0, 0.05) is 23.7 Å². The minimum absolute atomic E-state index is 0.198. The smallest absolute Gasteiger partial charge is 0.341 e. The first kappa shape index (κ1) is 23.2. The molecule has 0 saturated heterocycles. The van der Waals surface area contributed by atoms with Crippen LogP contribution in [0.15, 0.2) is 41.8 Å². The highest BCUT2D eigenvalue weighted by Gasteiger charge is 2.27. The molecule has 0 saturated carbocycles. The van der Waals surface area contributed by atoms with Gasteiger partial charge in [0.15, 0.2) is 0 Å². The van der Waals surface area contributed by atoms with Gasteiger partial charge in [-0.3, -0.25) is 14.5 Å². The Morgan fingerprint density at radius 2 is 1.91 bits per heavy atom. The van der Waals surface area contributed by atoms with E-state index in [-0.39, 0.29) is 30.5 Å². The summed E-state index contributed by atoms with van der Waals surface area (Å²) in [6, 6.07) is 11.2. The third kappa shape index (κ3) is 5.32. The van der Waals surface area contributed by atoms with E-state index in [9.17, 15) is 14.4 Å². The number of para-hydroxylation sites is 1. The molecule has 9 heteroatoms. The molecule has 0 aliphatic carbocycles. The number of thiophene rings is 2. The van der Waals surface area contributed by atoms with Crippen LogP contribution in [0.5, 0.6) is 0 Å². The summed E-state index contributed by atoms with van der Waals surface area (Å²) >= 11 is 2.84. The van der Waals surface area contributed by atoms with Crippen molar-refractivity contribution in [3.63, 3.8) is 0 Å². The molecule has 0 radical (unpaired) electrons. The number of rotatable bonds is 7. The number of carbonyl (C=O) groups excluding carboxylic acids is 3. The zero-order valence-electron chi connectivity index (χ0n) is 18.5. The fraction of sp³-hybridized carbons (Fsp3) is 0.292. The molecule has 0 spiro atoms. The number of hydrogen-bond acceptors (Lipinski definition) is 7. The Balaban J connectivity index is 1.52.